The first-order valence-electron chi connectivity index (χ1n) is 4.57. The number of benzene rings is 1. The standard InChI is InChI=1S/C10H8FN3O2/c11-9-3-1-2-8(6-9)7-13-5-4-10(12-13)14(15)16/h1-6H,7H2. The average Bonchev–Trinajstić information content (AvgIpc) is 2.66. The average molecular weight is 221 g/mol. The minimum atomic E-state index is -0.567. The van der Waals surface area contributed by atoms with Gasteiger partial charge in [0, 0.05) is 0 Å². The second-order valence-electron chi connectivity index (χ2n) is 3.26. The van der Waals surface area contributed by atoms with E-state index >= 15 is 0 Å². The summed E-state index contributed by atoms with van der Waals surface area (Å²) in [7, 11) is 0. The third-order valence-corrected chi connectivity index (χ3v) is 2.05. The van der Waals surface area contributed by atoms with Crippen molar-refractivity contribution >= 4 is 5.82 Å². The smallest absolute Gasteiger partial charge is 0.358 e. The van der Waals surface area contributed by atoms with E-state index in [1.165, 1.54) is 29.1 Å². The summed E-state index contributed by atoms with van der Waals surface area (Å²) in [6.45, 7) is 0.311. The van der Waals surface area contributed by atoms with E-state index in [-0.39, 0.29) is 11.6 Å². The van der Waals surface area contributed by atoms with Gasteiger partial charge in [-0.2, -0.15) is 4.68 Å². The molecule has 0 bridgehead atoms. The zero-order chi connectivity index (χ0) is 11.5. The summed E-state index contributed by atoms with van der Waals surface area (Å²) in [5, 5.41) is 14.1. The van der Waals surface area contributed by atoms with Crippen molar-refractivity contribution in [3.05, 3.63) is 58.0 Å². The maximum Gasteiger partial charge on any atom is 0.389 e. The van der Waals surface area contributed by atoms with Crippen molar-refractivity contribution in [1.29, 1.82) is 0 Å². The Balaban J connectivity index is 2.17. The van der Waals surface area contributed by atoms with E-state index in [2.05, 4.69) is 5.10 Å². The van der Waals surface area contributed by atoms with E-state index in [1.807, 2.05) is 0 Å². The Kier molecular flexibility index (Phi) is 2.63. The van der Waals surface area contributed by atoms with Gasteiger partial charge in [-0.05, 0) is 22.6 Å². The molecule has 2 rings (SSSR count). The fourth-order valence-corrected chi connectivity index (χ4v) is 1.36. The summed E-state index contributed by atoms with van der Waals surface area (Å²) >= 11 is 0. The quantitative estimate of drug-likeness (QED) is 0.588. The third-order valence-electron chi connectivity index (χ3n) is 2.05. The summed E-state index contributed by atoms with van der Waals surface area (Å²) in [6.07, 6.45) is 1.49. The Morgan fingerprint density at radius 3 is 2.88 bits per heavy atom. The van der Waals surface area contributed by atoms with Crippen LogP contribution in [-0.4, -0.2) is 14.7 Å². The lowest BCUT2D eigenvalue weighted by atomic mass is 10.2. The monoisotopic (exact) mass is 221 g/mol. The lowest BCUT2D eigenvalue weighted by Gasteiger charge is -1.97. The summed E-state index contributed by atoms with van der Waals surface area (Å²) < 4.78 is 14.3. The first-order valence-corrected chi connectivity index (χ1v) is 4.57. The van der Waals surface area contributed by atoms with Crippen LogP contribution in [0.25, 0.3) is 0 Å². The van der Waals surface area contributed by atoms with Crippen LogP contribution in [0.5, 0.6) is 0 Å². The molecule has 1 aromatic carbocycles. The molecule has 6 heteroatoms. The molecule has 1 aromatic heterocycles. The van der Waals surface area contributed by atoms with Gasteiger partial charge in [-0.25, -0.2) is 4.39 Å². The highest BCUT2D eigenvalue weighted by atomic mass is 19.1. The molecule has 1 heterocycles. The molecule has 0 atom stereocenters. The molecule has 0 aliphatic rings. The molecule has 82 valence electrons. The molecule has 0 aliphatic carbocycles. The van der Waals surface area contributed by atoms with E-state index in [9.17, 15) is 14.5 Å². The number of hydrogen-bond acceptors (Lipinski definition) is 3. The largest absolute Gasteiger partial charge is 0.389 e. The predicted octanol–water partition coefficient (Wildman–Crippen LogP) is 1.98. The Bertz CT molecular complexity index is 524. The number of nitro groups is 1. The van der Waals surface area contributed by atoms with Crippen LogP contribution in [0.4, 0.5) is 10.2 Å². The molecule has 0 radical (unpaired) electrons. The predicted molar refractivity (Wildman–Crippen MR) is 54.4 cm³/mol. The van der Waals surface area contributed by atoms with Crippen molar-refractivity contribution in [3.8, 4) is 0 Å². The van der Waals surface area contributed by atoms with Crippen molar-refractivity contribution in [2.75, 3.05) is 0 Å². The minimum Gasteiger partial charge on any atom is -0.358 e. The first kappa shape index (κ1) is 10.3. The lowest BCUT2D eigenvalue weighted by Crippen LogP contribution is -2.01. The minimum absolute atomic E-state index is 0.212. The zero-order valence-corrected chi connectivity index (χ0v) is 8.21. The molecule has 16 heavy (non-hydrogen) atoms. The second-order valence-corrected chi connectivity index (χ2v) is 3.26. The van der Waals surface area contributed by atoms with Crippen LogP contribution in [0.2, 0.25) is 0 Å². The summed E-state index contributed by atoms with van der Waals surface area (Å²) in [5.41, 5.74) is 0.706. The van der Waals surface area contributed by atoms with Crippen molar-refractivity contribution in [3.63, 3.8) is 0 Å². The SMILES string of the molecule is O=[N+]([O-])c1ccn(Cc2cccc(F)c2)n1. The van der Waals surface area contributed by atoms with Crippen LogP contribution >= 0.6 is 0 Å². The Labute approximate surface area is 90.3 Å². The highest BCUT2D eigenvalue weighted by Crippen LogP contribution is 2.09. The van der Waals surface area contributed by atoms with Crippen LogP contribution in [0, 0.1) is 15.9 Å². The molecular formula is C10H8FN3O2. The number of hydrogen-bond donors (Lipinski definition) is 0. The van der Waals surface area contributed by atoms with Crippen molar-refractivity contribution in [2.24, 2.45) is 0 Å². The molecule has 0 amide bonds. The van der Waals surface area contributed by atoms with Crippen LogP contribution in [0.3, 0.4) is 0 Å². The molecule has 2 aromatic rings. The van der Waals surface area contributed by atoms with Gasteiger partial charge in [0.15, 0.2) is 0 Å². The molecule has 0 saturated heterocycles. The van der Waals surface area contributed by atoms with E-state index in [1.54, 1.807) is 12.1 Å². The molecule has 0 N–H and O–H groups in total. The third kappa shape index (κ3) is 2.22. The summed E-state index contributed by atoms with van der Waals surface area (Å²) in [5.74, 6) is -0.546. The molecule has 0 aliphatic heterocycles. The van der Waals surface area contributed by atoms with Crippen molar-refractivity contribution in [2.45, 2.75) is 6.54 Å². The number of nitrogens with zero attached hydrogens (tertiary/aromatic N) is 3. The Morgan fingerprint density at radius 1 is 1.44 bits per heavy atom. The van der Waals surface area contributed by atoms with Crippen LogP contribution < -0.4 is 0 Å². The molecule has 0 saturated carbocycles. The number of halogens is 1. The van der Waals surface area contributed by atoms with E-state index in [4.69, 9.17) is 0 Å². The number of rotatable bonds is 3. The second kappa shape index (κ2) is 4.09. The fraction of sp³-hybridized carbons (Fsp3) is 0.100. The zero-order valence-electron chi connectivity index (χ0n) is 8.21. The highest BCUT2D eigenvalue weighted by Gasteiger charge is 2.10. The molecule has 0 unspecified atom stereocenters. The first-order chi connectivity index (χ1) is 7.65. The van der Waals surface area contributed by atoms with Gasteiger partial charge in [-0.15, -0.1) is 0 Å². The van der Waals surface area contributed by atoms with Crippen LogP contribution in [0.1, 0.15) is 5.56 Å². The normalized spacial score (nSPS) is 10.3. The molecule has 0 fully saturated rings. The topological polar surface area (TPSA) is 61.0 Å². The van der Waals surface area contributed by atoms with Crippen molar-refractivity contribution < 1.29 is 9.31 Å². The van der Waals surface area contributed by atoms with Gasteiger partial charge in [0.2, 0.25) is 0 Å². The maximum absolute atomic E-state index is 12.9. The molecule has 0 spiro atoms. The Morgan fingerprint density at radius 2 is 2.25 bits per heavy atom. The van der Waals surface area contributed by atoms with Crippen molar-refractivity contribution in [1.82, 2.24) is 9.78 Å². The van der Waals surface area contributed by atoms with Gasteiger partial charge in [0.1, 0.15) is 5.82 Å². The van der Waals surface area contributed by atoms with Gasteiger partial charge in [0.05, 0.1) is 23.9 Å². The van der Waals surface area contributed by atoms with E-state index in [0.29, 0.717) is 12.1 Å². The van der Waals surface area contributed by atoms with Gasteiger partial charge in [-0.1, -0.05) is 12.1 Å². The summed E-state index contributed by atoms with van der Waals surface area (Å²) in [4.78, 5) is 9.82. The molecule has 5 nitrogen and oxygen atoms in total. The number of aromatic nitrogens is 2. The van der Waals surface area contributed by atoms with Crippen LogP contribution in [-0.2, 0) is 6.54 Å². The van der Waals surface area contributed by atoms with E-state index in [0.717, 1.165) is 0 Å². The lowest BCUT2D eigenvalue weighted by molar-refractivity contribution is -0.389. The van der Waals surface area contributed by atoms with Gasteiger partial charge >= 0.3 is 5.82 Å². The van der Waals surface area contributed by atoms with Crippen LogP contribution in [0.15, 0.2) is 36.5 Å². The Hall–Kier alpha value is -2.24. The van der Waals surface area contributed by atoms with E-state index < -0.39 is 4.92 Å². The highest BCUT2D eigenvalue weighted by molar-refractivity contribution is 5.18. The van der Waals surface area contributed by atoms with Gasteiger partial charge in [-0.3, -0.25) is 0 Å². The van der Waals surface area contributed by atoms with Gasteiger partial charge in [0.25, 0.3) is 0 Å². The fourth-order valence-electron chi connectivity index (χ4n) is 1.36. The maximum atomic E-state index is 12.9. The summed E-state index contributed by atoms with van der Waals surface area (Å²) in [6, 6.07) is 7.33. The molecular weight excluding hydrogens is 213 g/mol. The van der Waals surface area contributed by atoms with Gasteiger partial charge < -0.3 is 10.1 Å².